The summed E-state index contributed by atoms with van der Waals surface area (Å²) in [6, 6.07) is 15.2. The third kappa shape index (κ3) is 6.15. The van der Waals surface area contributed by atoms with Gasteiger partial charge in [0.25, 0.3) is 0 Å². The van der Waals surface area contributed by atoms with E-state index in [0.29, 0.717) is 29.9 Å². The van der Waals surface area contributed by atoms with Gasteiger partial charge in [-0.3, -0.25) is 4.79 Å². The number of piperidine rings is 1. The Hall–Kier alpha value is -3.36. The second-order valence-electron chi connectivity index (χ2n) is 7.97. The lowest BCUT2D eigenvalue weighted by molar-refractivity contribution is -0.115. The van der Waals surface area contributed by atoms with Crippen molar-refractivity contribution in [2.24, 2.45) is 0 Å². The van der Waals surface area contributed by atoms with E-state index >= 15 is 0 Å². The molecule has 1 aliphatic heterocycles. The number of benzene rings is 2. The zero-order valence-corrected chi connectivity index (χ0v) is 20.0. The summed E-state index contributed by atoms with van der Waals surface area (Å²) in [6.45, 7) is 3.76. The largest absolute Gasteiger partial charge is 0.437 e. The van der Waals surface area contributed by atoms with E-state index in [1.54, 1.807) is 38.3 Å². The van der Waals surface area contributed by atoms with Crippen LogP contribution < -0.4 is 20.3 Å². The molecule has 0 bridgehead atoms. The number of hydrogen-bond donors (Lipinski definition) is 2. The zero-order chi connectivity index (χ0) is 23.9. The Morgan fingerprint density at radius 2 is 1.91 bits per heavy atom. The molecule has 1 fully saturated rings. The molecule has 3 aromatic rings. The van der Waals surface area contributed by atoms with E-state index in [4.69, 9.17) is 21.1 Å². The number of nitrogens with one attached hydrogen (secondary N) is 2. The molecule has 2 N–H and O–H groups in total. The first-order chi connectivity index (χ1) is 16.5. The lowest BCUT2D eigenvalue weighted by Gasteiger charge is -2.33. The number of amides is 1. The predicted molar refractivity (Wildman–Crippen MR) is 134 cm³/mol. The number of aromatic nitrogens is 2. The number of anilines is 4. The molecule has 1 saturated heterocycles. The van der Waals surface area contributed by atoms with Crippen molar-refractivity contribution in [1.82, 2.24) is 9.97 Å². The van der Waals surface area contributed by atoms with Gasteiger partial charge in [-0.1, -0.05) is 24.6 Å². The molecule has 4 rings (SSSR count). The van der Waals surface area contributed by atoms with Gasteiger partial charge < -0.3 is 25.0 Å². The minimum Gasteiger partial charge on any atom is -0.437 e. The van der Waals surface area contributed by atoms with Crippen LogP contribution >= 0.6 is 11.6 Å². The molecule has 0 aliphatic carbocycles. The van der Waals surface area contributed by atoms with E-state index in [1.165, 1.54) is 11.9 Å². The Kier molecular flexibility index (Phi) is 7.82. The maximum atomic E-state index is 11.7. The molecular weight excluding hydrogens is 454 g/mol. The minimum absolute atomic E-state index is 0.0748. The Bertz CT molecular complexity index is 1120. The fourth-order valence-electron chi connectivity index (χ4n) is 3.72. The summed E-state index contributed by atoms with van der Waals surface area (Å²) >= 11 is 6.26. The van der Waals surface area contributed by atoms with Gasteiger partial charge >= 0.3 is 0 Å². The summed E-state index contributed by atoms with van der Waals surface area (Å²) in [6.07, 6.45) is 4.31. The van der Waals surface area contributed by atoms with Gasteiger partial charge in [0.05, 0.1) is 12.3 Å². The summed E-state index contributed by atoms with van der Waals surface area (Å²) in [4.78, 5) is 22.7. The first-order valence-corrected chi connectivity index (χ1v) is 11.7. The van der Waals surface area contributed by atoms with Gasteiger partial charge in [-0.15, -0.1) is 0 Å². The monoisotopic (exact) mass is 481 g/mol. The van der Waals surface area contributed by atoms with Crippen LogP contribution in [0.25, 0.3) is 0 Å². The van der Waals surface area contributed by atoms with Crippen molar-refractivity contribution in [3.8, 4) is 11.6 Å². The van der Waals surface area contributed by atoms with E-state index < -0.39 is 0 Å². The molecular formula is C25H28ClN5O3. The normalized spacial score (nSPS) is 14.0. The van der Waals surface area contributed by atoms with Crippen LogP contribution in [0.2, 0.25) is 5.02 Å². The number of rotatable bonds is 8. The smallest absolute Gasteiger partial charge is 0.243 e. The Morgan fingerprint density at radius 3 is 2.62 bits per heavy atom. The highest BCUT2D eigenvalue weighted by Gasteiger charge is 2.18. The predicted octanol–water partition coefficient (Wildman–Crippen LogP) is 5.63. The first-order valence-electron chi connectivity index (χ1n) is 11.3. The summed E-state index contributed by atoms with van der Waals surface area (Å²) in [5.41, 5.74) is 2.67. The van der Waals surface area contributed by atoms with Crippen molar-refractivity contribution in [3.63, 3.8) is 0 Å². The molecule has 0 spiro atoms. The first kappa shape index (κ1) is 23.8. The molecule has 34 heavy (non-hydrogen) atoms. The van der Waals surface area contributed by atoms with Gasteiger partial charge in [-0.2, -0.15) is 4.98 Å². The molecule has 0 atom stereocenters. The summed E-state index contributed by atoms with van der Waals surface area (Å²) in [5.74, 6) is 1.01. The van der Waals surface area contributed by atoms with E-state index in [0.717, 1.165) is 31.6 Å². The Labute approximate surface area is 204 Å². The lowest BCUT2D eigenvalue weighted by atomic mass is 10.1. The zero-order valence-electron chi connectivity index (χ0n) is 19.3. The van der Waals surface area contributed by atoms with Crippen molar-refractivity contribution in [3.05, 3.63) is 59.8 Å². The number of hydrogen-bond acceptors (Lipinski definition) is 7. The van der Waals surface area contributed by atoms with Crippen LogP contribution in [0.3, 0.4) is 0 Å². The Morgan fingerprint density at radius 1 is 1.15 bits per heavy atom. The molecule has 0 saturated carbocycles. The van der Waals surface area contributed by atoms with Crippen LogP contribution in [-0.4, -0.2) is 42.2 Å². The van der Waals surface area contributed by atoms with Crippen molar-refractivity contribution >= 4 is 40.5 Å². The molecule has 0 radical (unpaired) electrons. The average molecular weight is 482 g/mol. The van der Waals surface area contributed by atoms with Gasteiger partial charge in [0.2, 0.25) is 17.7 Å². The molecule has 178 valence electrons. The van der Waals surface area contributed by atoms with E-state index in [9.17, 15) is 4.79 Å². The lowest BCUT2D eigenvalue weighted by Crippen LogP contribution is -2.36. The van der Waals surface area contributed by atoms with Crippen molar-refractivity contribution in [1.29, 1.82) is 0 Å². The summed E-state index contributed by atoms with van der Waals surface area (Å²) < 4.78 is 11.3. The van der Waals surface area contributed by atoms with Gasteiger partial charge in [0.15, 0.2) is 0 Å². The second kappa shape index (κ2) is 11.2. The minimum atomic E-state index is -0.0748. The van der Waals surface area contributed by atoms with Crippen LogP contribution in [0.1, 0.15) is 26.2 Å². The van der Waals surface area contributed by atoms with Crippen molar-refractivity contribution in [2.45, 2.75) is 32.3 Å². The molecule has 2 aromatic carbocycles. The molecule has 2 heterocycles. The fourth-order valence-corrected chi connectivity index (χ4v) is 3.85. The SMILES string of the molecule is CCC(=O)Nc1cccc(Oc2nc(Nc3ccc(N4CCC(OC)CC4)cc3)ncc2Cl)c1. The van der Waals surface area contributed by atoms with Gasteiger partial charge in [0, 0.05) is 49.7 Å². The van der Waals surface area contributed by atoms with Crippen molar-refractivity contribution in [2.75, 3.05) is 35.7 Å². The topological polar surface area (TPSA) is 88.6 Å². The maximum absolute atomic E-state index is 11.7. The molecule has 9 heteroatoms. The van der Waals surface area contributed by atoms with Crippen LogP contribution in [0.4, 0.5) is 23.0 Å². The summed E-state index contributed by atoms with van der Waals surface area (Å²) in [7, 11) is 1.78. The Balaban J connectivity index is 1.41. The van der Waals surface area contributed by atoms with Crippen LogP contribution in [0.5, 0.6) is 11.6 Å². The van der Waals surface area contributed by atoms with E-state index in [2.05, 4.69) is 37.6 Å². The van der Waals surface area contributed by atoms with Gasteiger partial charge in [0.1, 0.15) is 10.8 Å². The van der Waals surface area contributed by atoms with Crippen LogP contribution in [0.15, 0.2) is 54.7 Å². The molecule has 1 aliphatic rings. The number of carbonyl (C=O) groups is 1. The highest BCUT2D eigenvalue weighted by Crippen LogP contribution is 2.30. The molecule has 1 aromatic heterocycles. The van der Waals surface area contributed by atoms with Crippen molar-refractivity contribution < 1.29 is 14.3 Å². The number of nitrogens with zero attached hydrogens (tertiary/aromatic N) is 3. The number of methoxy groups -OCH3 is 1. The quantitative estimate of drug-likeness (QED) is 0.431. The highest BCUT2D eigenvalue weighted by molar-refractivity contribution is 6.31. The molecule has 8 nitrogen and oxygen atoms in total. The highest BCUT2D eigenvalue weighted by atomic mass is 35.5. The molecule has 0 unspecified atom stereocenters. The van der Waals surface area contributed by atoms with Crippen LogP contribution in [0, 0.1) is 0 Å². The van der Waals surface area contributed by atoms with E-state index in [1.807, 2.05) is 12.1 Å². The average Bonchev–Trinajstić information content (AvgIpc) is 2.87. The second-order valence-corrected chi connectivity index (χ2v) is 8.38. The third-order valence-electron chi connectivity index (χ3n) is 5.63. The van der Waals surface area contributed by atoms with Gasteiger partial charge in [-0.25, -0.2) is 4.98 Å². The number of halogens is 1. The maximum Gasteiger partial charge on any atom is 0.243 e. The standard InChI is InChI=1S/C25H28ClN5O3/c1-3-23(32)28-18-5-4-6-21(15-18)34-24-22(26)16-27-25(30-24)29-17-7-9-19(10-8-17)31-13-11-20(33-2)12-14-31/h4-10,15-16,20H,3,11-14H2,1-2H3,(H,28,32)(H,27,29,30). The van der Waals surface area contributed by atoms with E-state index in [-0.39, 0.29) is 16.8 Å². The fraction of sp³-hybridized carbons (Fsp3) is 0.320. The van der Waals surface area contributed by atoms with Gasteiger partial charge in [-0.05, 0) is 49.2 Å². The number of ether oxygens (including phenoxy) is 2. The number of carbonyl (C=O) groups excluding carboxylic acids is 1. The third-order valence-corrected chi connectivity index (χ3v) is 5.89. The molecule has 1 amide bonds. The van der Waals surface area contributed by atoms with Crippen LogP contribution in [-0.2, 0) is 9.53 Å². The summed E-state index contributed by atoms with van der Waals surface area (Å²) in [5, 5.41) is 6.28.